The van der Waals surface area contributed by atoms with E-state index in [1.54, 1.807) is 12.1 Å². The third kappa shape index (κ3) is 4.89. The Morgan fingerprint density at radius 2 is 1.67 bits per heavy atom. The molecule has 2 aromatic rings. The van der Waals surface area contributed by atoms with Crippen molar-refractivity contribution < 1.29 is 17.6 Å². The van der Waals surface area contributed by atoms with Crippen LogP contribution >= 0.6 is 0 Å². The molecule has 0 saturated heterocycles. The molecule has 2 atom stereocenters. The van der Waals surface area contributed by atoms with Crippen molar-refractivity contribution in [2.24, 2.45) is 0 Å². The summed E-state index contributed by atoms with van der Waals surface area (Å²) < 4.78 is 36.2. The number of carbonyl (C=O) groups excluding carboxylic acids is 1. The maximum absolute atomic E-state index is 13.1. The maximum atomic E-state index is 13.1. The SMILES string of the molecule is CC(C(=O)NC(Cc1ccc(F)cc1)c1ccccc1)S(C)(=O)=O. The monoisotopic (exact) mass is 349 g/mol. The van der Waals surface area contributed by atoms with Crippen LogP contribution in [0.2, 0.25) is 0 Å². The number of hydrogen-bond acceptors (Lipinski definition) is 3. The van der Waals surface area contributed by atoms with Gasteiger partial charge < -0.3 is 5.32 Å². The van der Waals surface area contributed by atoms with Crippen LogP contribution in [0.5, 0.6) is 0 Å². The molecule has 4 nitrogen and oxygen atoms in total. The lowest BCUT2D eigenvalue weighted by Gasteiger charge is -2.21. The molecule has 0 heterocycles. The Hall–Kier alpha value is -2.21. The predicted octanol–water partition coefficient (Wildman–Crippen LogP) is 2.66. The van der Waals surface area contributed by atoms with Crippen molar-refractivity contribution in [3.8, 4) is 0 Å². The van der Waals surface area contributed by atoms with Crippen LogP contribution in [-0.4, -0.2) is 25.8 Å². The van der Waals surface area contributed by atoms with E-state index >= 15 is 0 Å². The molecule has 0 saturated carbocycles. The molecule has 0 aliphatic rings. The number of hydrogen-bond donors (Lipinski definition) is 1. The van der Waals surface area contributed by atoms with Gasteiger partial charge in [-0.25, -0.2) is 12.8 Å². The lowest BCUT2D eigenvalue weighted by molar-refractivity contribution is -0.121. The minimum atomic E-state index is -3.47. The smallest absolute Gasteiger partial charge is 0.238 e. The summed E-state index contributed by atoms with van der Waals surface area (Å²) in [4.78, 5) is 12.3. The molecule has 0 aliphatic heterocycles. The highest BCUT2D eigenvalue weighted by Gasteiger charge is 2.26. The first-order valence-corrected chi connectivity index (χ1v) is 9.51. The van der Waals surface area contributed by atoms with Gasteiger partial charge in [-0.05, 0) is 36.6 Å². The van der Waals surface area contributed by atoms with Gasteiger partial charge in [-0.2, -0.15) is 0 Å². The molecule has 0 bridgehead atoms. The zero-order valence-electron chi connectivity index (χ0n) is 13.6. The third-order valence-corrected chi connectivity index (χ3v) is 5.38. The highest BCUT2D eigenvalue weighted by atomic mass is 32.2. The number of carbonyl (C=O) groups is 1. The van der Waals surface area contributed by atoms with Gasteiger partial charge in [0, 0.05) is 6.26 Å². The Morgan fingerprint density at radius 1 is 1.08 bits per heavy atom. The minimum absolute atomic E-state index is 0.329. The molecular weight excluding hydrogens is 329 g/mol. The first-order chi connectivity index (χ1) is 11.3. The standard InChI is InChI=1S/C18H20FNO3S/c1-13(24(2,22)23)18(21)20-17(15-6-4-3-5-7-15)12-14-8-10-16(19)11-9-14/h3-11,13,17H,12H2,1-2H3,(H,20,21). The molecule has 6 heteroatoms. The van der Waals surface area contributed by atoms with Crippen LogP contribution in [-0.2, 0) is 21.1 Å². The summed E-state index contributed by atoms with van der Waals surface area (Å²) in [7, 11) is -3.47. The molecule has 24 heavy (non-hydrogen) atoms. The minimum Gasteiger partial charge on any atom is -0.348 e. The van der Waals surface area contributed by atoms with Crippen molar-refractivity contribution in [3.05, 3.63) is 71.5 Å². The molecule has 0 aromatic heterocycles. The van der Waals surface area contributed by atoms with Crippen LogP contribution in [0.3, 0.4) is 0 Å². The van der Waals surface area contributed by atoms with E-state index in [1.807, 2.05) is 30.3 Å². The molecular formula is C18H20FNO3S. The van der Waals surface area contributed by atoms with E-state index in [9.17, 15) is 17.6 Å². The van der Waals surface area contributed by atoms with Crippen molar-refractivity contribution in [2.45, 2.75) is 24.6 Å². The third-order valence-electron chi connectivity index (χ3n) is 3.88. The Morgan fingerprint density at radius 3 is 2.21 bits per heavy atom. The second kappa shape index (κ2) is 7.57. The van der Waals surface area contributed by atoms with Gasteiger partial charge in [-0.15, -0.1) is 0 Å². The number of rotatable bonds is 6. The molecule has 128 valence electrons. The fraction of sp³-hybridized carbons (Fsp3) is 0.278. The summed E-state index contributed by atoms with van der Waals surface area (Å²) in [6.07, 6.45) is 1.47. The van der Waals surface area contributed by atoms with Gasteiger partial charge in [0.2, 0.25) is 5.91 Å². The largest absolute Gasteiger partial charge is 0.348 e. The molecule has 0 spiro atoms. The van der Waals surface area contributed by atoms with E-state index in [0.29, 0.717) is 6.42 Å². The molecule has 2 aromatic carbocycles. The van der Waals surface area contributed by atoms with E-state index in [2.05, 4.69) is 5.32 Å². The molecule has 2 unspecified atom stereocenters. The summed E-state index contributed by atoms with van der Waals surface area (Å²) in [5.41, 5.74) is 1.70. The van der Waals surface area contributed by atoms with Gasteiger partial charge in [0.15, 0.2) is 9.84 Å². The maximum Gasteiger partial charge on any atom is 0.238 e. The highest BCUT2D eigenvalue weighted by molar-refractivity contribution is 7.92. The normalized spacial score (nSPS) is 14.0. The average molecular weight is 349 g/mol. The second-order valence-electron chi connectivity index (χ2n) is 5.77. The van der Waals surface area contributed by atoms with Crippen LogP contribution < -0.4 is 5.32 Å². The van der Waals surface area contributed by atoms with Crippen LogP contribution in [0.15, 0.2) is 54.6 Å². The van der Waals surface area contributed by atoms with Gasteiger partial charge in [0.1, 0.15) is 11.1 Å². The molecule has 2 rings (SSSR count). The van der Waals surface area contributed by atoms with Crippen LogP contribution in [0.4, 0.5) is 4.39 Å². The zero-order valence-corrected chi connectivity index (χ0v) is 14.4. The van der Waals surface area contributed by atoms with Crippen molar-refractivity contribution in [1.29, 1.82) is 0 Å². The van der Waals surface area contributed by atoms with E-state index in [1.165, 1.54) is 19.1 Å². The fourth-order valence-electron chi connectivity index (χ4n) is 2.28. The van der Waals surface area contributed by atoms with Crippen LogP contribution in [0.25, 0.3) is 0 Å². The predicted molar refractivity (Wildman–Crippen MR) is 91.7 cm³/mol. The zero-order chi connectivity index (χ0) is 17.7. The number of sulfone groups is 1. The summed E-state index contributed by atoms with van der Waals surface area (Å²) in [5.74, 6) is -0.877. The number of halogens is 1. The topological polar surface area (TPSA) is 63.2 Å². The lowest BCUT2D eigenvalue weighted by atomic mass is 9.98. The van der Waals surface area contributed by atoms with Gasteiger partial charge in [0.05, 0.1) is 6.04 Å². The van der Waals surface area contributed by atoms with E-state index in [0.717, 1.165) is 17.4 Å². The highest BCUT2D eigenvalue weighted by Crippen LogP contribution is 2.19. The summed E-state index contributed by atoms with van der Waals surface area (Å²) in [5, 5.41) is 1.66. The molecule has 0 fully saturated rings. The van der Waals surface area contributed by atoms with Crippen molar-refractivity contribution in [3.63, 3.8) is 0 Å². The van der Waals surface area contributed by atoms with E-state index < -0.39 is 27.0 Å². The van der Waals surface area contributed by atoms with Gasteiger partial charge in [0.25, 0.3) is 0 Å². The molecule has 1 N–H and O–H groups in total. The van der Waals surface area contributed by atoms with E-state index in [4.69, 9.17) is 0 Å². The summed E-state index contributed by atoms with van der Waals surface area (Å²) in [6, 6.07) is 14.9. The van der Waals surface area contributed by atoms with Gasteiger partial charge in [-0.1, -0.05) is 42.5 Å². The second-order valence-corrected chi connectivity index (χ2v) is 8.14. The quantitative estimate of drug-likeness (QED) is 0.872. The number of nitrogens with one attached hydrogen (secondary N) is 1. The first-order valence-electron chi connectivity index (χ1n) is 7.56. The van der Waals surface area contributed by atoms with Gasteiger partial charge >= 0.3 is 0 Å². The Bertz CT molecular complexity index is 789. The number of amides is 1. The Labute approximate surface area is 141 Å². The average Bonchev–Trinajstić information content (AvgIpc) is 2.55. The lowest BCUT2D eigenvalue weighted by Crippen LogP contribution is -2.40. The Balaban J connectivity index is 2.23. The molecule has 0 radical (unpaired) electrons. The van der Waals surface area contributed by atoms with Crippen LogP contribution in [0.1, 0.15) is 24.1 Å². The number of benzene rings is 2. The van der Waals surface area contributed by atoms with E-state index in [-0.39, 0.29) is 5.82 Å². The molecule has 0 aliphatic carbocycles. The van der Waals surface area contributed by atoms with Crippen molar-refractivity contribution >= 4 is 15.7 Å². The first kappa shape index (κ1) is 18.1. The molecule has 1 amide bonds. The fourth-order valence-corrected chi connectivity index (χ4v) is 2.73. The summed E-state index contributed by atoms with van der Waals surface area (Å²) >= 11 is 0. The van der Waals surface area contributed by atoms with Crippen molar-refractivity contribution in [2.75, 3.05) is 6.26 Å². The summed E-state index contributed by atoms with van der Waals surface area (Å²) in [6.45, 7) is 1.37. The van der Waals surface area contributed by atoms with Crippen LogP contribution in [0, 0.1) is 5.82 Å². The Kier molecular flexibility index (Phi) is 5.72. The van der Waals surface area contributed by atoms with Gasteiger partial charge in [-0.3, -0.25) is 4.79 Å². The van der Waals surface area contributed by atoms with Crippen molar-refractivity contribution in [1.82, 2.24) is 5.32 Å².